The Balaban J connectivity index is 2.00. The number of ether oxygens (including phenoxy) is 1. The quantitative estimate of drug-likeness (QED) is 0.664. The van der Waals surface area contributed by atoms with Gasteiger partial charge in [-0.3, -0.25) is 9.59 Å². The van der Waals surface area contributed by atoms with E-state index >= 15 is 0 Å². The Bertz CT molecular complexity index is 1150. The molecule has 0 bridgehead atoms. The van der Waals surface area contributed by atoms with Crippen LogP contribution in [-0.2, 0) is 0 Å². The highest BCUT2D eigenvalue weighted by Crippen LogP contribution is 2.26. The Morgan fingerprint density at radius 2 is 1.68 bits per heavy atom. The summed E-state index contributed by atoms with van der Waals surface area (Å²) in [5.41, 5.74) is 1.27. The molecule has 5 nitrogen and oxygen atoms in total. The largest absolute Gasteiger partial charge is 0.573 e. The molecule has 146 valence electrons. The second-order valence-electron chi connectivity index (χ2n) is 6.09. The molecule has 0 unspecified atom stereocenters. The van der Waals surface area contributed by atoms with Crippen molar-refractivity contribution in [3.05, 3.63) is 73.4 Å². The van der Waals surface area contributed by atoms with Crippen molar-refractivity contribution in [3.63, 3.8) is 0 Å². The summed E-state index contributed by atoms with van der Waals surface area (Å²) in [5, 5.41) is 0.00401. The van der Waals surface area contributed by atoms with E-state index in [4.69, 9.17) is 11.6 Å². The lowest BCUT2D eigenvalue weighted by molar-refractivity contribution is -0.274. The van der Waals surface area contributed by atoms with E-state index in [9.17, 15) is 22.8 Å². The lowest BCUT2D eigenvalue weighted by atomic mass is 10.0. The number of halogens is 4. The first-order valence-electron chi connectivity index (χ1n) is 8.05. The summed E-state index contributed by atoms with van der Waals surface area (Å²) in [4.78, 5) is 30.9. The van der Waals surface area contributed by atoms with Gasteiger partial charge in [-0.1, -0.05) is 11.6 Å². The van der Waals surface area contributed by atoms with E-state index < -0.39 is 17.2 Å². The van der Waals surface area contributed by atoms with Crippen LogP contribution in [0.3, 0.4) is 0 Å². The Hall–Kier alpha value is -3.00. The molecule has 0 spiro atoms. The number of hydrogen-bond acceptors (Lipinski definition) is 3. The molecule has 1 aromatic carbocycles. The van der Waals surface area contributed by atoms with Gasteiger partial charge < -0.3 is 14.7 Å². The van der Waals surface area contributed by atoms with Gasteiger partial charge in [0, 0.05) is 29.3 Å². The second-order valence-corrected chi connectivity index (χ2v) is 6.47. The number of benzene rings is 1. The monoisotopic (exact) mass is 410 g/mol. The number of hydrogen-bond donors (Lipinski definition) is 2. The average molecular weight is 411 g/mol. The number of aromatic nitrogens is 2. The number of alkyl halides is 3. The third kappa shape index (κ3) is 3.96. The summed E-state index contributed by atoms with van der Waals surface area (Å²) in [6.45, 7) is 3.31. The summed E-state index contributed by atoms with van der Waals surface area (Å²) in [6.07, 6.45) is -3.40. The van der Waals surface area contributed by atoms with Gasteiger partial charge in [-0.15, -0.1) is 13.2 Å². The van der Waals surface area contributed by atoms with Crippen LogP contribution >= 0.6 is 11.6 Å². The second kappa shape index (κ2) is 7.20. The first kappa shape index (κ1) is 19.8. The van der Waals surface area contributed by atoms with Crippen molar-refractivity contribution in [2.45, 2.75) is 20.2 Å². The highest BCUT2D eigenvalue weighted by atomic mass is 35.5. The van der Waals surface area contributed by atoms with Crippen LogP contribution in [0, 0.1) is 13.8 Å². The molecule has 0 atom stereocenters. The van der Waals surface area contributed by atoms with Crippen molar-refractivity contribution in [1.29, 1.82) is 0 Å². The normalized spacial score (nSPS) is 11.5. The first-order chi connectivity index (χ1) is 13.1. The standard InChI is InChI=1S/C19H14ClF3N2O3/c1-9-16(18(27)17(20)10(2)25-9)13-8-24-14(7-15(13)26)11-3-5-12(6-4-11)28-19(21,22)23/h3-8H,1-2H3,(H,24,26)(H,25,27). The van der Waals surface area contributed by atoms with E-state index in [1.54, 1.807) is 13.8 Å². The van der Waals surface area contributed by atoms with E-state index in [1.807, 2.05) is 0 Å². The number of H-pyrrole nitrogens is 2. The van der Waals surface area contributed by atoms with Crippen molar-refractivity contribution in [2.24, 2.45) is 0 Å². The van der Waals surface area contributed by atoms with Crippen LogP contribution < -0.4 is 15.6 Å². The van der Waals surface area contributed by atoms with E-state index in [-0.39, 0.29) is 21.9 Å². The summed E-state index contributed by atoms with van der Waals surface area (Å²) >= 11 is 6.00. The van der Waals surface area contributed by atoms with Gasteiger partial charge in [-0.05, 0) is 43.7 Å². The maximum Gasteiger partial charge on any atom is 0.573 e. The van der Waals surface area contributed by atoms with Crippen LogP contribution in [0.1, 0.15) is 11.4 Å². The number of aryl methyl sites for hydroxylation is 2. The van der Waals surface area contributed by atoms with E-state index in [2.05, 4.69) is 14.7 Å². The molecule has 0 aliphatic heterocycles. The van der Waals surface area contributed by atoms with Crippen molar-refractivity contribution < 1.29 is 17.9 Å². The maximum absolute atomic E-state index is 12.6. The lowest BCUT2D eigenvalue weighted by Crippen LogP contribution is -2.17. The zero-order chi connectivity index (χ0) is 20.6. The highest BCUT2D eigenvalue weighted by molar-refractivity contribution is 6.31. The van der Waals surface area contributed by atoms with Gasteiger partial charge >= 0.3 is 6.36 Å². The van der Waals surface area contributed by atoms with Crippen molar-refractivity contribution >= 4 is 11.6 Å². The van der Waals surface area contributed by atoms with E-state index in [0.717, 1.165) is 12.1 Å². The van der Waals surface area contributed by atoms with Gasteiger partial charge in [0.05, 0.1) is 11.1 Å². The minimum atomic E-state index is -4.78. The Morgan fingerprint density at radius 1 is 1.04 bits per heavy atom. The van der Waals surface area contributed by atoms with Crippen LogP contribution in [0.5, 0.6) is 5.75 Å². The third-order valence-electron chi connectivity index (χ3n) is 4.09. The van der Waals surface area contributed by atoms with Crippen LogP contribution in [-0.4, -0.2) is 16.3 Å². The van der Waals surface area contributed by atoms with Gasteiger partial charge in [0.25, 0.3) is 0 Å². The predicted octanol–water partition coefficient (Wildman–Crippen LogP) is 4.57. The summed E-state index contributed by atoms with van der Waals surface area (Å²) in [7, 11) is 0. The zero-order valence-corrected chi connectivity index (χ0v) is 15.5. The van der Waals surface area contributed by atoms with Crippen LogP contribution in [0.15, 0.2) is 46.1 Å². The fraction of sp³-hybridized carbons (Fsp3) is 0.158. The molecule has 3 rings (SSSR count). The lowest BCUT2D eigenvalue weighted by Gasteiger charge is -2.10. The van der Waals surface area contributed by atoms with Gasteiger partial charge in [-0.2, -0.15) is 0 Å². The van der Waals surface area contributed by atoms with Gasteiger partial charge in [0.2, 0.25) is 5.43 Å². The molecule has 3 aromatic rings. The summed E-state index contributed by atoms with van der Waals surface area (Å²) in [6, 6.07) is 6.31. The fourth-order valence-electron chi connectivity index (χ4n) is 2.84. The molecular weight excluding hydrogens is 397 g/mol. The van der Waals surface area contributed by atoms with Crippen molar-refractivity contribution in [2.75, 3.05) is 0 Å². The Kier molecular flexibility index (Phi) is 5.08. The predicted molar refractivity (Wildman–Crippen MR) is 99.7 cm³/mol. The Morgan fingerprint density at radius 3 is 2.25 bits per heavy atom. The van der Waals surface area contributed by atoms with Gasteiger partial charge in [0.1, 0.15) is 10.8 Å². The van der Waals surface area contributed by atoms with Gasteiger partial charge in [0.15, 0.2) is 5.43 Å². The molecule has 2 aromatic heterocycles. The topological polar surface area (TPSA) is 75.0 Å². The summed E-state index contributed by atoms with van der Waals surface area (Å²) in [5.74, 6) is -0.369. The molecule has 0 radical (unpaired) electrons. The minimum Gasteiger partial charge on any atom is -0.406 e. The van der Waals surface area contributed by atoms with Gasteiger partial charge in [-0.25, -0.2) is 0 Å². The highest BCUT2D eigenvalue weighted by Gasteiger charge is 2.31. The summed E-state index contributed by atoms with van der Waals surface area (Å²) < 4.78 is 40.5. The molecule has 0 aliphatic rings. The molecular formula is C19H14ClF3N2O3. The van der Waals surface area contributed by atoms with Crippen molar-refractivity contribution in [1.82, 2.24) is 9.97 Å². The van der Waals surface area contributed by atoms with Crippen LogP contribution in [0.4, 0.5) is 13.2 Å². The molecule has 2 N–H and O–H groups in total. The number of pyridine rings is 2. The molecule has 0 saturated carbocycles. The maximum atomic E-state index is 12.6. The molecule has 0 fully saturated rings. The molecule has 9 heteroatoms. The Labute approximate surface area is 161 Å². The van der Waals surface area contributed by atoms with Crippen LogP contribution in [0.2, 0.25) is 5.02 Å². The molecule has 0 amide bonds. The number of aromatic amines is 2. The molecule has 28 heavy (non-hydrogen) atoms. The average Bonchev–Trinajstić information content (AvgIpc) is 2.60. The first-order valence-corrected chi connectivity index (χ1v) is 8.43. The molecule has 2 heterocycles. The fourth-order valence-corrected chi connectivity index (χ4v) is 2.98. The SMILES string of the molecule is Cc1[nH]c(C)c(-c2c[nH]c(-c3ccc(OC(F)(F)F)cc3)cc2=O)c(=O)c1Cl. The van der Waals surface area contributed by atoms with Crippen LogP contribution in [0.25, 0.3) is 22.4 Å². The zero-order valence-electron chi connectivity index (χ0n) is 14.7. The number of rotatable bonds is 3. The molecule has 0 aliphatic carbocycles. The minimum absolute atomic E-state index is 0.00401. The van der Waals surface area contributed by atoms with Crippen molar-refractivity contribution in [3.8, 4) is 28.1 Å². The van der Waals surface area contributed by atoms with E-state index in [0.29, 0.717) is 22.6 Å². The number of nitrogens with one attached hydrogen (secondary N) is 2. The smallest absolute Gasteiger partial charge is 0.406 e. The van der Waals surface area contributed by atoms with E-state index in [1.165, 1.54) is 24.4 Å². The third-order valence-corrected chi connectivity index (χ3v) is 4.54. The molecule has 0 saturated heterocycles.